The van der Waals surface area contributed by atoms with Crippen LogP contribution in [0.3, 0.4) is 0 Å². The van der Waals surface area contributed by atoms with E-state index in [1.165, 1.54) is 12.8 Å². The molecule has 1 aliphatic carbocycles. The lowest BCUT2D eigenvalue weighted by atomic mass is 9.98. The molecule has 4 aromatic rings. The molecular formula is C26H22O3S. The maximum atomic E-state index is 13.6. The van der Waals surface area contributed by atoms with E-state index in [0.717, 1.165) is 29.4 Å². The third kappa shape index (κ3) is 3.42. The fourth-order valence-electron chi connectivity index (χ4n) is 4.29. The second-order valence-corrected chi connectivity index (χ2v) is 9.10. The molecule has 30 heavy (non-hydrogen) atoms. The first-order valence-corrected chi connectivity index (χ1v) is 11.5. The van der Waals surface area contributed by atoms with Gasteiger partial charge < -0.3 is 9.29 Å². The van der Waals surface area contributed by atoms with E-state index in [0.29, 0.717) is 20.9 Å². The number of carbonyl (C=O) groups excluding carboxylic acids is 1. The van der Waals surface area contributed by atoms with Crippen molar-refractivity contribution in [1.29, 1.82) is 0 Å². The molecule has 0 radical (unpaired) electrons. The Morgan fingerprint density at radius 2 is 1.63 bits per heavy atom. The SMILES string of the molecule is O=C(c1cccc(OC2CCCC2)c1)c1c(-c2ccccc2)c2ccccc2[s+]1[O-]. The molecule has 1 saturated carbocycles. The van der Waals surface area contributed by atoms with Gasteiger partial charge in [-0.1, -0.05) is 54.6 Å². The van der Waals surface area contributed by atoms with Gasteiger partial charge in [0.2, 0.25) is 10.7 Å². The maximum absolute atomic E-state index is 13.6. The largest absolute Gasteiger partial charge is 0.590 e. The van der Waals surface area contributed by atoms with E-state index >= 15 is 0 Å². The topological polar surface area (TPSA) is 49.4 Å². The zero-order valence-corrected chi connectivity index (χ0v) is 17.4. The normalized spacial score (nSPS) is 14.9. The van der Waals surface area contributed by atoms with Crippen LogP contribution in [0.1, 0.15) is 40.9 Å². The molecule has 0 saturated heterocycles. The second-order valence-electron chi connectivity index (χ2n) is 7.72. The van der Waals surface area contributed by atoms with E-state index < -0.39 is 10.8 Å². The van der Waals surface area contributed by atoms with Crippen molar-refractivity contribution < 1.29 is 14.1 Å². The lowest BCUT2D eigenvalue weighted by Crippen LogP contribution is -2.11. The Kier molecular flexibility index (Phi) is 5.11. The smallest absolute Gasteiger partial charge is 0.245 e. The molecule has 1 unspecified atom stereocenters. The molecule has 0 bridgehead atoms. The standard InChI is InChI=1S/C26H22O3S/c27-25(19-11-8-14-21(17-19)29-20-12-4-5-13-20)26-24(18-9-2-1-3-10-18)22-15-6-7-16-23(22)30(26)28/h1-3,6-11,14-17,20H,4-5,12-13H2. The van der Waals surface area contributed by atoms with E-state index in [2.05, 4.69) is 0 Å². The summed E-state index contributed by atoms with van der Waals surface area (Å²) in [5.74, 6) is 0.496. The number of carbonyl (C=O) groups is 1. The van der Waals surface area contributed by atoms with Crippen molar-refractivity contribution in [2.24, 2.45) is 0 Å². The predicted octanol–water partition coefficient (Wildman–Crippen LogP) is 6.79. The molecule has 150 valence electrons. The highest BCUT2D eigenvalue weighted by Crippen LogP contribution is 2.45. The van der Waals surface area contributed by atoms with Crippen molar-refractivity contribution in [3.05, 3.63) is 89.3 Å². The zero-order chi connectivity index (χ0) is 20.5. The molecule has 3 nitrogen and oxygen atoms in total. The summed E-state index contributed by atoms with van der Waals surface area (Å²) in [4.78, 5) is 13.9. The van der Waals surface area contributed by atoms with Gasteiger partial charge in [0, 0.05) is 10.9 Å². The van der Waals surface area contributed by atoms with Crippen molar-refractivity contribution in [3.8, 4) is 16.9 Å². The summed E-state index contributed by atoms with van der Waals surface area (Å²) in [5.41, 5.74) is 2.17. The van der Waals surface area contributed by atoms with Crippen LogP contribution in [0.2, 0.25) is 0 Å². The number of fused-ring (bicyclic) bond motifs is 1. The van der Waals surface area contributed by atoms with Crippen LogP contribution in [0.15, 0.2) is 78.9 Å². The van der Waals surface area contributed by atoms with Gasteiger partial charge in [0.15, 0.2) is 4.70 Å². The van der Waals surface area contributed by atoms with Crippen LogP contribution in [0.25, 0.3) is 21.2 Å². The Morgan fingerprint density at radius 1 is 0.900 bits per heavy atom. The van der Waals surface area contributed by atoms with Crippen LogP contribution < -0.4 is 4.74 Å². The zero-order valence-electron chi connectivity index (χ0n) is 16.5. The summed E-state index contributed by atoms with van der Waals surface area (Å²) in [6.45, 7) is 0. The van der Waals surface area contributed by atoms with E-state index in [9.17, 15) is 9.35 Å². The van der Waals surface area contributed by atoms with Crippen LogP contribution in [-0.2, 0) is 0 Å². The second kappa shape index (κ2) is 8.05. The molecule has 3 aromatic carbocycles. The lowest BCUT2D eigenvalue weighted by molar-refractivity contribution is 0.104. The molecular weight excluding hydrogens is 392 g/mol. The number of ketones is 1. The molecule has 0 N–H and O–H groups in total. The lowest BCUT2D eigenvalue weighted by Gasteiger charge is -2.13. The van der Waals surface area contributed by atoms with Gasteiger partial charge in [0.05, 0.1) is 11.7 Å². The molecule has 1 aromatic heterocycles. The summed E-state index contributed by atoms with van der Waals surface area (Å²) >= 11 is 0. The molecule has 0 amide bonds. The first-order chi connectivity index (χ1) is 14.7. The van der Waals surface area contributed by atoms with Crippen LogP contribution in [0, 0.1) is 0 Å². The Hall–Kier alpha value is -2.95. The van der Waals surface area contributed by atoms with Gasteiger partial charge in [0.1, 0.15) is 5.75 Å². The van der Waals surface area contributed by atoms with Crippen LogP contribution in [0.5, 0.6) is 5.75 Å². The summed E-state index contributed by atoms with van der Waals surface area (Å²) < 4.78 is 20.1. The summed E-state index contributed by atoms with van der Waals surface area (Å²) in [6.07, 6.45) is 4.71. The molecule has 1 heterocycles. The highest BCUT2D eigenvalue weighted by atomic mass is 32.2. The maximum Gasteiger partial charge on any atom is 0.245 e. The summed E-state index contributed by atoms with van der Waals surface area (Å²) in [6, 6.07) is 24.6. The van der Waals surface area contributed by atoms with Gasteiger partial charge in [0.25, 0.3) is 0 Å². The van der Waals surface area contributed by atoms with Crippen LogP contribution in [0.4, 0.5) is 0 Å². The average molecular weight is 415 g/mol. The first-order valence-electron chi connectivity index (χ1n) is 10.3. The first kappa shape index (κ1) is 19.0. The number of hydrogen-bond acceptors (Lipinski definition) is 3. The van der Waals surface area contributed by atoms with Crippen molar-refractivity contribution in [1.82, 2.24) is 0 Å². The van der Waals surface area contributed by atoms with E-state index in [1.54, 1.807) is 12.1 Å². The molecule has 1 atom stereocenters. The Labute approximate surface area is 178 Å². The van der Waals surface area contributed by atoms with Gasteiger partial charge in [-0.3, -0.25) is 4.79 Å². The summed E-state index contributed by atoms with van der Waals surface area (Å²) in [7, 11) is -1.52. The van der Waals surface area contributed by atoms with Crippen LogP contribution in [-0.4, -0.2) is 16.4 Å². The van der Waals surface area contributed by atoms with Gasteiger partial charge in [-0.15, -0.1) is 0 Å². The van der Waals surface area contributed by atoms with Gasteiger partial charge in [-0.2, -0.15) is 0 Å². The molecule has 0 spiro atoms. The highest BCUT2D eigenvalue weighted by Gasteiger charge is 2.30. The fraction of sp³-hybridized carbons (Fsp3) is 0.192. The average Bonchev–Trinajstić information content (AvgIpc) is 3.40. The summed E-state index contributed by atoms with van der Waals surface area (Å²) in [5, 5.41) is 0.865. The third-order valence-electron chi connectivity index (χ3n) is 5.74. The van der Waals surface area contributed by atoms with E-state index in [4.69, 9.17) is 4.74 Å². The monoisotopic (exact) mass is 414 g/mol. The molecule has 5 rings (SSSR count). The Morgan fingerprint density at radius 3 is 2.43 bits per heavy atom. The van der Waals surface area contributed by atoms with Crippen LogP contribution >= 0.6 is 10.8 Å². The number of benzene rings is 3. The van der Waals surface area contributed by atoms with Crippen molar-refractivity contribution >= 4 is 26.6 Å². The number of thiophene rings is 1. The minimum absolute atomic E-state index is 0.208. The quantitative estimate of drug-likeness (QED) is 0.267. The highest BCUT2D eigenvalue weighted by molar-refractivity contribution is 7.33. The van der Waals surface area contributed by atoms with E-state index in [-0.39, 0.29) is 11.9 Å². The number of ether oxygens (including phenoxy) is 1. The Bertz CT molecular complexity index is 1200. The minimum atomic E-state index is -1.52. The van der Waals surface area contributed by atoms with Gasteiger partial charge >= 0.3 is 0 Å². The molecule has 4 heteroatoms. The Balaban J connectivity index is 1.61. The fourth-order valence-corrected chi connectivity index (χ4v) is 5.78. The van der Waals surface area contributed by atoms with Crippen molar-refractivity contribution in [2.75, 3.05) is 0 Å². The minimum Gasteiger partial charge on any atom is -0.590 e. The van der Waals surface area contributed by atoms with Crippen molar-refractivity contribution in [3.63, 3.8) is 0 Å². The van der Waals surface area contributed by atoms with E-state index in [1.807, 2.05) is 66.7 Å². The predicted molar refractivity (Wildman–Crippen MR) is 121 cm³/mol. The molecule has 0 aliphatic heterocycles. The molecule has 1 aliphatic rings. The molecule has 1 fully saturated rings. The number of rotatable bonds is 5. The number of hydrogen-bond donors (Lipinski definition) is 0. The third-order valence-corrected chi connectivity index (χ3v) is 7.25. The van der Waals surface area contributed by atoms with Gasteiger partial charge in [-0.05, 0) is 66.3 Å². The van der Waals surface area contributed by atoms with Gasteiger partial charge in [-0.25, -0.2) is 0 Å². The van der Waals surface area contributed by atoms with Crippen molar-refractivity contribution in [2.45, 2.75) is 31.8 Å².